The average Bonchev–Trinajstić information content (AvgIpc) is 3.02. The van der Waals surface area contributed by atoms with Gasteiger partial charge in [-0.3, -0.25) is 4.79 Å². The van der Waals surface area contributed by atoms with Crippen molar-refractivity contribution in [2.24, 2.45) is 0 Å². The number of nitrogen functional groups attached to an aromatic ring is 1. The van der Waals surface area contributed by atoms with Gasteiger partial charge < -0.3 is 15.0 Å². The number of ether oxygens (including phenoxy) is 1. The SMILES string of the molecule is C[Si](C)(C)C(C/C=C/C(=O)c1cccc(N)c1)OCn1ccnc1. The summed E-state index contributed by atoms with van der Waals surface area (Å²) in [7, 11) is -1.52. The van der Waals surface area contributed by atoms with Crippen molar-refractivity contribution in [2.45, 2.75) is 38.5 Å². The molecule has 2 aromatic rings. The van der Waals surface area contributed by atoms with Gasteiger partial charge in [-0.25, -0.2) is 4.98 Å². The van der Waals surface area contributed by atoms with E-state index in [1.54, 1.807) is 42.9 Å². The number of rotatable bonds is 8. The molecular formula is C18H25N3O2Si. The zero-order valence-corrected chi connectivity index (χ0v) is 15.5. The summed E-state index contributed by atoms with van der Waals surface area (Å²) in [6, 6.07) is 7.02. The van der Waals surface area contributed by atoms with E-state index < -0.39 is 8.07 Å². The Morgan fingerprint density at radius 1 is 1.42 bits per heavy atom. The molecule has 2 N–H and O–H groups in total. The molecule has 0 amide bonds. The lowest BCUT2D eigenvalue weighted by Crippen LogP contribution is -2.40. The van der Waals surface area contributed by atoms with E-state index in [0.29, 0.717) is 18.0 Å². The first-order valence-corrected chi connectivity index (χ1v) is 11.6. The highest BCUT2D eigenvalue weighted by molar-refractivity contribution is 6.77. The predicted octanol–water partition coefficient (Wildman–Crippen LogP) is 3.51. The Balaban J connectivity index is 1.95. The molecule has 0 bridgehead atoms. The van der Waals surface area contributed by atoms with Gasteiger partial charge in [0.15, 0.2) is 5.78 Å². The number of hydrogen-bond donors (Lipinski definition) is 1. The van der Waals surface area contributed by atoms with Gasteiger partial charge in [-0.2, -0.15) is 0 Å². The Labute approximate surface area is 144 Å². The van der Waals surface area contributed by atoms with Crippen LogP contribution in [0.3, 0.4) is 0 Å². The van der Waals surface area contributed by atoms with Crippen molar-refractivity contribution in [3.05, 3.63) is 60.7 Å². The third-order valence-electron chi connectivity index (χ3n) is 3.74. The molecule has 128 valence electrons. The molecule has 0 saturated carbocycles. The molecule has 0 aliphatic carbocycles. The molecule has 5 nitrogen and oxygen atoms in total. The van der Waals surface area contributed by atoms with Crippen molar-refractivity contribution in [2.75, 3.05) is 5.73 Å². The second-order valence-electron chi connectivity index (χ2n) is 6.86. The minimum atomic E-state index is -1.52. The minimum Gasteiger partial charge on any atom is -0.399 e. The van der Waals surface area contributed by atoms with Gasteiger partial charge in [0.2, 0.25) is 0 Å². The minimum absolute atomic E-state index is 0.0359. The molecule has 0 aliphatic rings. The number of allylic oxidation sites excluding steroid dienone is 1. The predicted molar refractivity (Wildman–Crippen MR) is 99.4 cm³/mol. The first kappa shape index (κ1) is 18.2. The summed E-state index contributed by atoms with van der Waals surface area (Å²) < 4.78 is 7.96. The third-order valence-corrected chi connectivity index (χ3v) is 6.07. The normalized spacial score (nSPS) is 13.3. The molecule has 0 saturated heterocycles. The lowest BCUT2D eigenvalue weighted by atomic mass is 10.1. The maximum absolute atomic E-state index is 12.2. The first-order valence-electron chi connectivity index (χ1n) is 8.00. The van der Waals surface area contributed by atoms with E-state index in [9.17, 15) is 4.79 Å². The fraction of sp³-hybridized carbons (Fsp3) is 0.333. The zero-order valence-electron chi connectivity index (χ0n) is 14.5. The molecule has 6 heteroatoms. The summed E-state index contributed by atoms with van der Waals surface area (Å²) in [6.07, 6.45) is 9.58. The lowest BCUT2D eigenvalue weighted by molar-refractivity contribution is 0.0483. The monoisotopic (exact) mass is 343 g/mol. The van der Waals surface area contributed by atoms with Crippen LogP contribution in [0.5, 0.6) is 0 Å². The van der Waals surface area contributed by atoms with Crippen LogP contribution in [0, 0.1) is 0 Å². The van der Waals surface area contributed by atoms with Crippen LogP contribution in [0.2, 0.25) is 19.6 Å². The maximum Gasteiger partial charge on any atom is 0.185 e. The summed E-state index contributed by atoms with van der Waals surface area (Å²) in [5.41, 5.74) is 7.05. The van der Waals surface area contributed by atoms with E-state index in [4.69, 9.17) is 10.5 Å². The van der Waals surface area contributed by atoms with Crippen molar-refractivity contribution < 1.29 is 9.53 Å². The molecule has 0 fully saturated rings. The van der Waals surface area contributed by atoms with Gasteiger partial charge in [-0.05, 0) is 24.6 Å². The van der Waals surface area contributed by atoms with Crippen molar-refractivity contribution in [1.82, 2.24) is 9.55 Å². The number of imidazole rings is 1. The average molecular weight is 344 g/mol. The Kier molecular flexibility index (Phi) is 6.11. The molecule has 0 aliphatic heterocycles. The van der Waals surface area contributed by atoms with Crippen LogP contribution in [0.25, 0.3) is 0 Å². The number of ketones is 1. The smallest absolute Gasteiger partial charge is 0.185 e. The largest absolute Gasteiger partial charge is 0.399 e. The molecule has 1 atom stereocenters. The molecule has 1 unspecified atom stereocenters. The van der Waals surface area contributed by atoms with Crippen LogP contribution in [-0.4, -0.2) is 29.1 Å². The number of carbonyl (C=O) groups excluding carboxylic acids is 1. The van der Waals surface area contributed by atoms with Crippen molar-refractivity contribution in [3.63, 3.8) is 0 Å². The van der Waals surface area contributed by atoms with Gasteiger partial charge in [0.1, 0.15) is 6.73 Å². The fourth-order valence-corrected chi connectivity index (χ4v) is 3.72. The van der Waals surface area contributed by atoms with Gasteiger partial charge in [-0.1, -0.05) is 37.8 Å². The maximum atomic E-state index is 12.2. The van der Waals surface area contributed by atoms with Gasteiger partial charge in [0.05, 0.1) is 20.1 Å². The summed E-state index contributed by atoms with van der Waals surface area (Å²) in [6.45, 7) is 7.27. The van der Waals surface area contributed by atoms with Crippen LogP contribution in [0.4, 0.5) is 5.69 Å². The highest BCUT2D eigenvalue weighted by Crippen LogP contribution is 2.17. The Hall–Kier alpha value is -2.18. The van der Waals surface area contributed by atoms with Crippen LogP contribution >= 0.6 is 0 Å². The zero-order chi connectivity index (χ0) is 17.6. The number of anilines is 1. The molecule has 0 radical (unpaired) electrons. The van der Waals surface area contributed by atoms with E-state index in [1.807, 2.05) is 16.8 Å². The molecule has 1 heterocycles. The van der Waals surface area contributed by atoms with Gasteiger partial charge >= 0.3 is 0 Å². The quantitative estimate of drug-likeness (QED) is 0.345. The second-order valence-corrected chi connectivity index (χ2v) is 12.2. The topological polar surface area (TPSA) is 70.1 Å². The van der Waals surface area contributed by atoms with E-state index in [1.165, 1.54) is 0 Å². The number of carbonyl (C=O) groups is 1. The van der Waals surface area contributed by atoms with Gasteiger partial charge in [0, 0.05) is 23.6 Å². The highest BCUT2D eigenvalue weighted by Gasteiger charge is 2.26. The van der Waals surface area contributed by atoms with Crippen molar-refractivity contribution in [3.8, 4) is 0 Å². The first-order chi connectivity index (χ1) is 11.4. The van der Waals surface area contributed by atoms with Crippen LogP contribution < -0.4 is 5.73 Å². The summed E-state index contributed by atoms with van der Waals surface area (Å²) in [5, 5.41) is 0. The Morgan fingerprint density at radius 3 is 2.83 bits per heavy atom. The lowest BCUT2D eigenvalue weighted by Gasteiger charge is -2.28. The van der Waals surface area contributed by atoms with Crippen LogP contribution in [-0.2, 0) is 11.5 Å². The molecular weight excluding hydrogens is 318 g/mol. The Bertz CT molecular complexity index is 691. The van der Waals surface area contributed by atoms with E-state index in [2.05, 4.69) is 24.6 Å². The summed E-state index contributed by atoms with van der Waals surface area (Å²) in [5.74, 6) is -0.0359. The number of nitrogens with zero attached hydrogens (tertiary/aromatic N) is 2. The van der Waals surface area contributed by atoms with E-state index >= 15 is 0 Å². The number of aromatic nitrogens is 2. The number of nitrogens with two attached hydrogens (primary N) is 1. The molecule has 24 heavy (non-hydrogen) atoms. The third kappa shape index (κ3) is 5.47. The van der Waals surface area contributed by atoms with E-state index in [0.717, 1.165) is 6.42 Å². The highest BCUT2D eigenvalue weighted by atomic mass is 28.3. The standard InChI is InChI=1S/C18H25N3O2Si/c1-24(2,3)18(23-14-21-11-10-20-13-21)9-5-8-17(22)15-6-4-7-16(19)12-15/h4-8,10-13,18H,9,14,19H2,1-3H3/b8-5+. The summed E-state index contributed by atoms with van der Waals surface area (Å²) >= 11 is 0. The van der Waals surface area contributed by atoms with Crippen LogP contribution in [0.15, 0.2) is 55.1 Å². The van der Waals surface area contributed by atoms with Crippen LogP contribution in [0.1, 0.15) is 16.8 Å². The molecule has 0 spiro atoms. The Morgan fingerprint density at radius 2 is 2.21 bits per heavy atom. The molecule has 2 rings (SSSR count). The molecule has 1 aromatic heterocycles. The second kappa shape index (κ2) is 8.08. The van der Waals surface area contributed by atoms with Crippen molar-refractivity contribution >= 4 is 19.5 Å². The number of benzene rings is 1. The number of hydrogen-bond acceptors (Lipinski definition) is 4. The van der Waals surface area contributed by atoms with E-state index in [-0.39, 0.29) is 11.5 Å². The van der Waals surface area contributed by atoms with Gasteiger partial charge in [0.25, 0.3) is 0 Å². The molecule has 1 aromatic carbocycles. The van der Waals surface area contributed by atoms with Gasteiger partial charge in [-0.15, -0.1) is 0 Å². The van der Waals surface area contributed by atoms with Crippen molar-refractivity contribution in [1.29, 1.82) is 0 Å². The fourth-order valence-electron chi connectivity index (χ4n) is 2.30. The summed E-state index contributed by atoms with van der Waals surface area (Å²) in [4.78, 5) is 16.2.